The maximum absolute atomic E-state index is 12.9. The minimum absolute atomic E-state index is 0.161. The molecule has 0 bridgehead atoms. The average molecular weight is 418 g/mol. The summed E-state index contributed by atoms with van der Waals surface area (Å²) in [5.74, 6) is -0.0543. The fourth-order valence-corrected chi connectivity index (χ4v) is 3.06. The number of hydrogen-bond donors (Lipinski definition) is 2. The third-order valence-corrected chi connectivity index (χ3v) is 4.81. The Morgan fingerprint density at radius 1 is 1.17 bits per heavy atom. The van der Waals surface area contributed by atoms with Crippen molar-refractivity contribution in [1.29, 1.82) is 0 Å². The SMILES string of the molecule is CC[C@H](CO)NC(=O)c1ccc2c(-c3ccc(C(F)(F)F)cc3)nc(OC)cc2c1. The van der Waals surface area contributed by atoms with Crippen molar-refractivity contribution in [2.24, 2.45) is 0 Å². The molecular weight excluding hydrogens is 397 g/mol. The molecule has 5 nitrogen and oxygen atoms in total. The number of nitrogens with zero attached hydrogens (tertiary/aromatic N) is 1. The number of nitrogens with one attached hydrogen (secondary N) is 1. The number of rotatable bonds is 6. The number of carbonyl (C=O) groups excluding carboxylic acids is 1. The molecule has 30 heavy (non-hydrogen) atoms. The van der Waals surface area contributed by atoms with Crippen LogP contribution < -0.4 is 10.1 Å². The highest BCUT2D eigenvalue weighted by molar-refractivity contribution is 6.02. The fourth-order valence-electron chi connectivity index (χ4n) is 3.06. The van der Waals surface area contributed by atoms with E-state index in [1.54, 1.807) is 24.3 Å². The van der Waals surface area contributed by atoms with Crippen LogP contribution in [0.4, 0.5) is 13.2 Å². The third-order valence-electron chi connectivity index (χ3n) is 4.81. The Hall–Kier alpha value is -3.13. The van der Waals surface area contributed by atoms with Gasteiger partial charge in [-0.25, -0.2) is 4.98 Å². The van der Waals surface area contributed by atoms with Crippen LogP contribution in [0.2, 0.25) is 0 Å². The molecule has 0 aliphatic rings. The zero-order valence-corrected chi connectivity index (χ0v) is 16.5. The van der Waals surface area contributed by atoms with Crippen LogP contribution in [0.1, 0.15) is 29.3 Å². The number of aliphatic hydroxyl groups excluding tert-OH is 1. The number of hydrogen-bond acceptors (Lipinski definition) is 4. The van der Waals surface area contributed by atoms with Crippen LogP contribution in [-0.4, -0.2) is 35.8 Å². The number of halogens is 3. The zero-order valence-electron chi connectivity index (χ0n) is 16.5. The predicted octanol–water partition coefficient (Wildman–Crippen LogP) is 4.43. The maximum Gasteiger partial charge on any atom is 0.416 e. The van der Waals surface area contributed by atoms with Gasteiger partial charge in [0.1, 0.15) is 0 Å². The van der Waals surface area contributed by atoms with E-state index in [1.165, 1.54) is 19.2 Å². The second-order valence-electron chi connectivity index (χ2n) is 6.79. The van der Waals surface area contributed by atoms with E-state index in [0.29, 0.717) is 34.0 Å². The lowest BCUT2D eigenvalue weighted by molar-refractivity contribution is -0.137. The summed E-state index contributed by atoms with van der Waals surface area (Å²) in [6.45, 7) is 1.69. The van der Waals surface area contributed by atoms with Crippen LogP contribution >= 0.6 is 0 Å². The Labute approximate surface area is 171 Å². The van der Waals surface area contributed by atoms with E-state index >= 15 is 0 Å². The van der Waals surface area contributed by atoms with E-state index in [-0.39, 0.29) is 24.4 Å². The van der Waals surface area contributed by atoms with Gasteiger partial charge in [-0.3, -0.25) is 4.79 Å². The van der Waals surface area contributed by atoms with Crippen molar-refractivity contribution in [3.63, 3.8) is 0 Å². The molecule has 1 aromatic heterocycles. The molecule has 0 spiro atoms. The van der Waals surface area contributed by atoms with Crippen LogP contribution in [-0.2, 0) is 6.18 Å². The van der Waals surface area contributed by atoms with Gasteiger partial charge in [0, 0.05) is 22.6 Å². The number of aliphatic hydroxyl groups is 1. The first-order chi connectivity index (χ1) is 14.3. The molecule has 0 unspecified atom stereocenters. The molecule has 8 heteroatoms. The van der Waals surface area contributed by atoms with Gasteiger partial charge in [0.15, 0.2) is 0 Å². The molecule has 0 saturated heterocycles. The van der Waals surface area contributed by atoms with Gasteiger partial charge >= 0.3 is 6.18 Å². The minimum Gasteiger partial charge on any atom is -0.481 e. The smallest absolute Gasteiger partial charge is 0.416 e. The van der Waals surface area contributed by atoms with E-state index in [0.717, 1.165) is 12.1 Å². The Morgan fingerprint density at radius 3 is 2.43 bits per heavy atom. The van der Waals surface area contributed by atoms with E-state index in [9.17, 15) is 23.1 Å². The molecule has 0 aliphatic heterocycles. The molecule has 158 valence electrons. The summed E-state index contributed by atoms with van der Waals surface area (Å²) < 4.78 is 43.8. The number of ether oxygens (including phenoxy) is 1. The molecule has 0 aliphatic carbocycles. The summed E-state index contributed by atoms with van der Waals surface area (Å²) in [4.78, 5) is 16.9. The van der Waals surface area contributed by atoms with Gasteiger partial charge in [0.05, 0.1) is 31.0 Å². The van der Waals surface area contributed by atoms with Crippen molar-refractivity contribution in [1.82, 2.24) is 10.3 Å². The lowest BCUT2D eigenvalue weighted by Gasteiger charge is -2.15. The third kappa shape index (κ3) is 4.54. The first-order valence-electron chi connectivity index (χ1n) is 9.35. The van der Waals surface area contributed by atoms with Crippen LogP contribution in [0.5, 0.6) is 5.88 Å². The largest absolute Gasteiger partial charge is 0.481 e. The van der Waals surface area contributed by atoms with Gasteiger partial charge in [0.2, 0.25) is 5.88 Å². The molecule has 1 atom stereocenters. The lowest BCUT2D eigenvalue weighted by Crippen LogP contribution is -2.36. The second-order valence-corrected chi connectivity index (χ2v) is 6.79. The number of methoxy groups -OCH3 is 1. The van der Waals surface area contributed by atoms with Gasteiger partial charge in [-0.2, -0.15) is 13.2 Å². The molecule has 1 amide bonds. The molecule has 3 aromatic rings. The van der Waals surface area contributed by atoms with Crippen molar-refractivity contribution in [3.05, 3.63) is 59.7 Å². The maximum atomic E-state index is 12.9. The van der Waals surface area contributed by atoms with Gasteiger partial charge in [-0.05, 0) is 36.1 Å². The summed E-state index contributed by atoms with van der Waals surface area (Å²) in [6.07, 6.45) is -3.83. The van der Waals surface area contributed by atoms with Crippen LogP contribution in [0.3, 0.4) is 0 Å². The van der Waals surface area contributed by atoms with Gasteiger partial charge in [-0.1, -0.05) is 25.1 Å². The quantitative estimate of drug-likeness (QED) is 0.621. The van der Waals surface area contributed by atoms with Crippen molar-refractivity contribution < 1.29 is 27.8 Å². The lowest BCUT2D eigenvalue weighted by atomic mass is 10.0. The van der Waals surface area contributed by atoms with Crippen molar-refractivity contribution in [2.45, 2.75) is 25.6 Å². The molecule has 0 fully saturated rings. The van der Waals surface area contributed by atoms with Crippen molar-refractivity contribution in [2.75, 3.05) is 13.7 Å². The number of fused-ring (bicyclic) bond motifs is 1. The fraction of sp³-hybridized carbons (Fsp3) is 0.273. The van der Waals surface area contributed by atoms with E-state index in [4.69, 9.17) is 4.74 Å². The first-order valence-corrected chi connectivity index (χ1v) is 9.35. The van der Waals surface area contributed by atoms with Gasteiger partial charge < -0.3 is 15.2 Å². The van der Waals surface area contributed by atoms with E-state index in [1.807, 2.05) is 6.92 Å². The first kappa shape index (κ1) is 21.6. The highest BCUT2D eigenvalue weighted by Gasteiger charge is 2.30. The summed E-state index contributed by atoms with van der Waals surface area (Å²) >= 11 is 0. The van der Waals surface area contributed by atoms with Gasteiger partial charge in [-0.15, -0.1) is 0 Å². The van der Waals surface area contributed by atoms with E-state index < -0.39 is 11.7 Å². The minimum atomic E-state index is -4.42. The van der Waals surface area contributed by atoms with Crippen LogP contribution in [0, 0.1) is 0 Å². The van der Waals surface area contributed by atoms with Crippen molar-refractivity contribution in [3.8, 4) is 17.1 Å². The molecule has 2 N–H and O–H groups in total. The Morgan fingerprint density at radius 2 is 1.87 bits per heavy atom. The van der Waals surface area contributed by atoms with Crippen LogP contribution in [0.25, 0.3) is 22.0 Å². The molecule has 3 rings (SSSR count). The number of benzene rings is 2. The molecule has 1 heterocycles. The number of alkyl halides is 3. The topological polar surface area (TPSA) is 71.5 Å². The summed E-state index contributed by atoms with van der Waals surface area (Å²) in [6, 6.07) is 11.0. The Kier molecular flexibility index (Phi) is 6.26. The number of pyridine rings is 1. The zero-order chi connectivity index (χ0) is 21.9. The summed E-state index contributed by atoms with van der Waals surface area (Å²) in [5.41, 5.74) is 0.593. The molecule has 2 aromatic carbocycles. The standard InChI is InChI=1S/C22H21F3N2O3/c1-3-17(12-28)26-21(29)14-6-9-18-15(10-14)11-19(30-2)27-20(18)13-4-7-16(8-5-13)22(23,24)25/h4-11,17,28H,3,12H2,1-2H3,(H,26,29)/t17-/m1/s1. The second kappa shape index (κ2) is 8.71. The average Bonchev–Trinajstić information content (AvgIpc) is 2.75. The Balaban J connectivity index is 2.04. The molecule has 0 radical (unpaired) electrons. The summed E-state index contributed by atoms with van der Waals surface area (Å²) in [5, 5.41) is 13.4. The number of carbonyl (C=O) groups is 1. The Bertz CT molecular complexity index is 1050. The molecular formula is C22H21F3N2O3. The van der Waals surface area contributed by atoms with Crippen LogP contribution in [0.15, 0.2) is 48.5 Å². The number of aromatic nitrogens is 1. The summed E-state index contributed by atoms with van der Waals surface area (Å²) in [7, 11) is 1.44. The normalized spacial score (nSPS) is 12.6. The van der Waals surface area contributed by atoms with Crippen molar-refractivity contribution >= 4 is 16.7 Å². The highest BCUT2D eigenvalue weighted by Crippen LogP contribution is 2.34. The highest BCUT2D eigenvalue weighted by atomic mass is 19.4. The molecule has 0 saturated carbocycles. The number of amides is 1. The van der Waals surface area contributed by atoms with E-state index in [2.05, 4.69) is 10.3 Å². The predicted molar refractivity (Wildman–Crippen MR) is 107 cm³/mol. The monoisotopic (exact) mass is 418 g/mol. The van der Waals surface area contributed by atoms with Gasteiger partial charge in [0.25, 0.3) is 5.91 Å².